The number of nitrogens with one attached hydrogen (secondary N) is 2. The van der Waals surface area contributed by atoms with Crippen LogP contribution in [0, 0.1) is 6.92 Å². The van der Waals surface area contributed by atoms with Crippen LogP contribution in [0.5, 0.6) is 0 Å². The summed E-state index contributed by atoms with van der Waals surface area (Å²) >= 11 is 0. The molecule has 6 nitrogen and oxygen atoms in total. The Balaban J connectivity index is 1.60. The molecular weight excluding hydrogens is 390 g/mol. The first kappa shape index (κ1) is 20.6. The maximum absolute atomic E-state index is 13.3. The lowest BCUT2D eigenvalue weighted by atomic mass is 9.88. The van der Waals surface area contributed by atoms with Gasteiger partial charge in [0.25, 0.3) is 5.91 Å². The highest BCUT2D eigenvalue weighted by Gasteiger charge is 2.50. The average Bonchev–Trinajstić information content (AvgIpc) is 2.98. The fourth-order valence-corrected chi connectivity index (χ4v) is 4.21. The number of hydrogen-bond acceptors (Lipinski definition) is 3. The van der Waals surface area contributed by atoms with Gasteiger partial charge in [-0.25, -0.2) is 4.79 Å². The third-order valence-electron chi connectivity index (χ3n) is 5.91. The Morgan fingerprint density at radius 3 is 2.52 bits per heavy atom. The largest absolute Gasteiger partial charge is 0.325 e. The van der Waals surface area contributed by atoms with E-state index in [1.807, 2.05) is 74.5 Å². The molecular formula is C25H25N3O3. The monoisotopic (exact) mass is 415 g/mol. The number of aryl methyl sites for hydroxylation is 2. The minimum absolute atomic E-state index is 0.345. The van der Waals surface area contributed by atoms with Gasteiger partial charge < -0.3 is 10.6 Å². The van der Waals surface area contributed by atoms with E-state index in [-0.39, 0.29) is 6.54 Å². The van der Waals surface area contributed by atoms with E-state index in [0.717, 1.165) is 38.9 Å². The van der Waals surface area contributed by atoms with Gasteiger partial charge in [-0.15, -0.1) is 0 Å². The average molecular weight is 415 g/mol. The fourth-order valence-electron chi connectivity index (χ4n) is 4.21. The van der Waals surface area contributed by atoms with Crippen LogP contribution in [0.2, 0.25) is 0 Å². The van der Waals surface area contributed by atoms with Gasteiger partial charge in [-0.3, -0.25) is 14.5 Å². The molecule has 1 atom stereocenters. The van der Waals surface area contributed by atoms with Crippen LogP contribution >= 0.6 is 0 Å². The SMILES string of the molecule is CCc1cccc(C)c1NC(=O)CN1C(=O)N[C@](C)(c2cccc3ccccc23)C1=O. The van der Waals surface area contributed by atoms with Gasteiger partial charge in [-0.05, 0) is 47.7 Å². The normalized spacial score (nSPS) is 18.4. The van der Waals surface area contributed by atoms with Crippen LogP contribution in [-0.4, -0.2) is 29.3 Å². The molecule has 0 spiro atoms. The number of para-hydroxylation sites is 1. The van der Waals surface area contributed by atoms with E-state index >= 15 is 0 Å². The van der Waals surface area contributed by atoms with Crippen molar-refractivity contribution in [3.63, 3.8) is 0 Å². The van der Waals surface area contributed by atoms with Crippen LogP contribution in [0.4, 0.5) is 10.5 Å². The molecule has 1 aliphatic rings. The predicted octanol–water partition coefficient (Wildman–Crippen LogP) is 4.12. The number of imide groups is 1. The molecule has 4 rings (SSSR count). The number of anilines is 1. The maximum Gasteiger partial charge on any atom is 0.325 e. The molecule has 158 valence electrons. The summed E-state index contributed by atoms with van der Waals surface area (Å²) in [6.45, 7) is 5.27. The fraction of sp³-hybridized carbons (Fsp3) is 0.240. The zero-order valence-corrected chi connectivity index (χ0v) is 17.9. The van der Waals surface area contributed by atoms with E-state index in [1.54, 1.807) is 6.92 Å². The summed E-state index contributed by atoms with van der Waals surface area (Å²) in [5.41, 5.74) is 2.14. The smallest absolute Gasteiger partial charge is 0.324 e. The van der Waals surface area contributed by atoms with E-state index in [4.69, 9.17) is 0 Å². The summed E-state index contributed by atoms with van der Waals surface area (Å²) in [7, 11) is 0. The quantitative estimate of drug-likeness (QED) is 0.616. The lowest BCUT2D eigenvalue weighted by molar-refractivity contribution is -0.133. The Morgan fingerprint density at radius 1 is 1.03 bits per heavy atom. The number of urea groups is 1. The number of amides is 4. The molecule has 4 amide bonds. The molecule has 0 radical (unpaired) electrons. The van der Waals surface area contributed by atoms with Crippen molar-refractivity contribution >= 4 is 34.3 Å². The van der Waals surface area contributed by atoms with Gasteiger partial charge in [0, 0.05) is 5.69 Å². The third-order valence-corrected chi connectivity index (χ3v) is 5.91. The summed E-state index contributed by atoms with van der Waals surface area (Å²) in [5, 5.41) is 7.55. The Hall–Kier alpha value is -3.67. The number of nitrogens with zero attached hydrogens (tertiary/aromatic N) is 1. The van der Waals surface area contributed by atoms with Gasteiger partial charge >= 0.3 is 6.03 Å². The Labute approximate surface area is 181 Å². The maximum atomic E-state index is 13.3. The van der Waals surface area contributed by atoms with Crippen LogP contribution in [0.25, 0.3) is 10.8 Å². The van der Waals surface area contributed by atoms with Crippen molar-refractivity contribution in [2.24, 2.45) is 0 Å². The zero-order valence-electron chi connectivity index (χ0n) is 17.9. The second-order valence-electron chi connectivity index (χ2n) is 7.98. The second kappa shape index (κ2) is 7.87. The summed E-state index contributed by atoms with van der Waals surface area (Å²) < 4.78 is 0. The molecule has 0 aromatic heterocycles. The number of fused-ring (bicyclic) bond motifs is 1. The Morgan fingerprint density at radius 2 is 1.74 bits per heavy atom. The molecule has 3 aromatic rings. The van der Waals surface area contributed by atoms with E-state index in [1.165, 1.54) is 0 Å². The van der Waals surface area contributed by atoms with E-state index in [2.05, 4.69) is 10.6 Å². The van der Waals surface area contributed by atoms with Gasteiger partial charge in [0.1, 0.15) is 12.1 Å². The van der Waals surface area contributed by atoms with Crippen molar-refractivity contribution in [2.45, 2.75) is 32.7 Å². The van der Waals surface area contributed by atoms with Gasteiger partial charge in [0.05, 0.1) is 0 Å². The summed E-state index contributed by atoms with van der Waals surface area (Å²) in [6, 6.07) is 18.6. The van der Waals surface area contributed by atoms with Gasteiger partial charge in [-0.2, -0.15) is 0 Å². The van der Waals surface area contributed by atoms with Crippen molar-refractivity contribution < 1.29 is 14.4 Å². The minimum Gasteiger partial charge on any atom is -0.324 e. The lowest BCUT2D eigenvalue weighted by Crippen LogP contribution is -2.42. The van der Waals surface area contributed by atoms with Crippen LogP contribution in [-0.2, 0) is 21.5 Å². The second-order valence-corrected chi connectivity index (χ2v) is 7.98. The van der Waals surface area contributed by atoms with Crippen molar-refractivity contribution in [3.8, 4) is 0 Å². The van der Waals surface area contributed by atoms with Crippen molar-refractivity contribution in [1.29, 1.82) is 0 Å². The van der Waals surface area contributed by atoms with Crippen molar-refractivity contribution in [3.05, 3.63) is 77.4 Å². The standard InChI is InChI=1S/C25H25N3O3/c1-4-17-11-7-9-16(2)22(17)26-21(29)15-28-23(30)25(3,27-24(28)31)20-14-8-12-18-10-5-6-13-19(18)20/h5-14H,4,15H2,1-3H3,(H,26,29)(H,27,31)/t25-/m1/s1. The highest BCUT2D eigenvalue weighted by molar-refractivity contribution is 6.11. The molecule has 1 aliphatic heterocycles. The Bertz CT molecular complexity index is 1200. The van der Waals surface area contributed by atoms with Crippen LogP contribution in [0.1, 0.15) is 30.5 Å². The van der Waals surface area contributed by atoms with Crippen molar-refractivity contribution in [1.82, 2.24) is 10.2 Å². The molecule has 0 aliphatic carbocycles. The molecule has 2 N–H and O–H groups in total. The zero-order chi connectivity index (χ0) is 22.2. The highest BCUT2D eigenvalue weighted by Crippen LogP contribution is 2.33. The lowest BCUT2D eigenvalue weighted by Gasteiger charge is -2.24. The van der Waals surface area contributed by atoms with Crippen LogP contribution < -0.4 is 10.6 Å². The number of carbonyl (C=O) groups is 3. The number of carbonyl (C=O) groups excluding carboxylic acids is 3. The van der Waals surface area contributed by atoms with Gasteiger partial charge in [0.15, 0.2) is 0 Å². The molecule has 0 bridgehead atoms. The molecule has 1 saturated heterocycles. The summed E-state index contributed by atoms with van der Waals surface area (Å²) in [4.78, 5) is 39.8. The molecule has 3 aromatic carbocycles. The topological polar surface area (TPSA) is 78.5 Å². The molecule has 31 heavy (non-hydrogen) atoms. The molecule has 0 saturated carbocycles. The Kier molecular flexibility index (Phi) is 5.23. The number of hydrogen-bond donors (Lipinski definition) is 2. The number of benzene rings is 3. The molecule has 1 fully saturated rings. The first-order valence-electron chi connectivity index (χ1n) is 10.4. The van der Waals surface area contributed by atoms with E-state index in [9.17, 15) is 14.4 Å². The predicted molar refractivity (Wildman–Crippen MR) is 121 cm³/mol. The van der Waals surface area contributed by atoms with Crippen LogP contribution in [0.3, 0.4) is 0 Å². The summed E-state index contributed by atoms with van der Waals surface area (Å²) in [6.07, 6.45) is 0.763. The molecule has 1 heterocycles. The van der Waals surface area contributed by atoms with E-state index in [0.29, 0.717) is 5.56 Å². The molecule has 0 unspecified atom stereocenters. The van der Waals surface area contributed by atoms with Gasteiger partial charge in [0.2, 0.25) is 5.91 Å². The van der Waals surface area contributed by atoms with Crippen molar-refractivity contribution in [2.75, 3.05) is 11.9 Å². The van der Waals surface area contributed by atoms with Crippen LogP contribution in [0.15, 0.2) is 60.7 Å². The first-order chi connectivity index (χ1) is 14.8. The summed E-state index contributed by atoms with van der Waals surface area (Å²) in [5.74, 6) is -0.848. The first-order valence-corrected chi connectivity index (χ1v) is 10.4. The number of rotatable bonds is 5. The van der Waals surface area contributed by atoms with Gasteiger partial charge in [-0.1, -0.05) is 67.6 Å². The molecule has 6 heteroatoms. The highest BCUT2D eigenvalue weighted by atomic mass is 16.2. The minimum atomic E-state index is -1.24. The van der Waals surface area contributed by atoms with E-state index < -0.39 is 23.4 Å². The third kappa shape index (κ3) is 3.54.